The largest absolute Gasteiger partial charge is 0.482 e. The lowest BCUT2D eigenvalue weighted by Crippen LogP contribution is -2.23. The van der Waals surface area contributed by atoms with Crippen LogP contribution in [0.25, 0.3) is 0 Å². The van der Waals surface area contributed by atoms with Crippen molar-refractivity contribution in [2.45, 2.75) is 0 Å². The molecule has 2 aromatic rings. The number of amides is 2. The summed E-state index contributed by atoms with van der Waals surface area (Å²) in [6, 6.07) is 12.2. The molecule has 0 aliphatic heterocycles. The number of ether oxygens (including phenoxy) is 5. The number of nitrogens with zero attached hydrogens (tertiary/aromatic N) is 1. The average Bonchev–Trinajstić information content (AvgIpc) is 2.93. The fourth-order valence-electron chi connectivity index (χ4n) is 2.60. The number of hydrogen-bond acceptors (Lipinski definition) is 12. The first-order chi connectivity index (χ1) is 18.4. The van der Waals surface area contributed by atoms with E-state index < -0.39 is 24.6 Å². The SMILES string of the molecule is O=CN(OCCO)c1ccc(OCC(=O)OCCOC(=O)COc2ccc(NC(=O)OCCO)cc2)cc1. The lowest BCUT2D eigenvalue weighted by atomic mass is 10.3. The molecule has 0 aliphatic rings. The van der Waals surface area contributed by atoms with Gasteiger partial charge in [0.2, 0.25) is 6.41 Å². The molecule has 0 atom stereocenters. The van der Waals surface area contributed by atoms with Gasteiger partial charge in [0.15, 0.2) is 13.2 Å². The normalized spacial score (nSPS) is 10.2. The topological polar surface area (TPSA) is 179 Å². The molecule has 2 rings (SSSR count). The number of nitrogens with one attached hydrogen (secondary N) is 1. The van der Waals surface area contributed by atoms with Crippen molar-refractivity contribution in [1.82, 2.24) is 0 Å². The van der Waals surface area contributed by atoms with Gasteiger partial charge in [-0.25, -0.2) is 14.4 Å². The molecular formula is C24H28N2O12. The predicted molar refractivity (Wildman–Crippen MR) is 129 cm³/mol. The lowest BCUT2D eigenvalue weighted by molar-refractivity contribution is -0.154. The quantitative estimate of drug-likeness (QED) is 0.0846. The zero-order valence-corrected chi connectivity index (χ0v) is 20.3. The summed E-state index contributed by atoms with van der Waals surface area (Å²) < 4.78 is 25.1. The van der Waals surface area contributed by atoms with Crippen molar-refractivity contribution >= 4 is 35.8 Å². The Labute approximate surface area is 217 Å². The first-order valence-electron chi connectivity index (χ1n) is 11.2. The van der Waals surface area contributed by atoms with E-state index in [1.807, 2.05) is 0 Å². The summed E-state index contributed by atoms with van der Waals surface area (Å²) in [7, 11) is 0. The van der Waals surface area contributed by atoms with Crippen LogP contribution in [0.4, 0.5) is 16.2 Å². The Hall–Kier alpha value is -4.40. The molecule has 0 aromatic heterocycles. The van der Waals surface area contributed by atoms with Crippen LogP contribution in [0.15, 0.2) is 48.5 Å². The van der Waals surface area contributed by atoms with Crippen LogP contribution in [0.5, 0.6) is 11.5 Å². The van der Waals surface area contributed by atoms with E-state index in [0.717, 1.165) is 5.06 Å². The summed E-state index contributed by atoms with van der Waals surface area (Å²) in [6.07, 6.45) is -0.271. The fourth-order valence-corrected chi connectivity index (χ4v) is 2.60. The van der Waals surface area contributed by atoms with Crippen LogP contribution in [0, 0.1) is 0 Å². The van der Waals surface area contributed by atoms with Crippen molar-refractivity contribution in [1.29, 1.82) is 0 Å². The fraction of sp³-hybridized carbons (Fsp3) is 0.333. The third-order valence-electron chi connectivity index (χ3n) is 4.26. The summed E-state index contributed by atoms with van der Waals surface area (Å²) >= 11 is 0. The van der Waals surface area contributed by atoms with Gasteiger partial charge < -0.3 is 33.9 Å². The molecule has 2 amide bonds. The summed E-state index contributed by atoms with van der Waals surface area (Å²) in [5.41, 5.74) is 0.833. The first-order valence-corrected chi connectivity index (χ1v) is 11.2. The van der Waals surface area contributed by atoms with Crippen molar-refractivity contribution < 1.29 is 57.9 Å². The number of hydrogen-bond donors (Lipinski definition) is 3. The van der Waals surface area contributed by atoms with Gasteiger partial charge in [0.05, 0.1) is 25.5 Å². The zero-order valence-electron chi connectivity index (χ0n) is 20.3. The minimum absolute atomic E-state index is 0.0504. The van der Waals surface area contributed by atoms with Crippen molar-refractivity contribution in [2.24, 2.45) is 0 Å². The highest BCUT2D eigenvalue weighted by molar-refractivity contribution is 5.84. The van der Waals surface area contributed by atoms with Crippen LogP contribution < -0.4 is 19.9 Å². The second kappa shape index (κ2) is 17.1. The molecule has 0 bridgehead atoms. The molecule has 0 aliphatic carbocycles. The van der Waals surface area contributed by atoms with E-state index >= 15 is 0 Å². The third-order valence-corrected chi connectivity index (χ3v) is 4.26. The molecule has 38 heavy (non-hydrogen) atoms. The summed E-state index contributed by atoms with van der Waals surface area (Å²) in [5, 5.41) is 20.8. The van der Waals surface area contributed by atoms with Crippen LogP contribution >= 0.6 is 0 Å². The average molecular weight is 536 g/mol. The van der Waals surface area contributed by atoms with Crippen LogP contribution in [0.3, 0.4) is 0 Å². The highest BCUT2D eigenvalue weighted by atomic mass is 16.7. The number of anilines is 2. The first kappa shape index (κ1) is 29.8. The number of aliphatic hydroxyl groups is 2. The van der Waals surface area contributed by atoms with E-state index in [-0.39, 0.29) is 46.2 Å². The van der Waals surface area contributed by atoms with Gasteiger partial charge in [0.25, 0.3) is 0 Å². The maximum Gasteiger partial charge on any atom is 0.411 e. The number of hydroxylamine groups is 1. The monoisotopic (exact) mass is 536 g/mol. The van der Waals surface area contributed by atoms with Gasteiger partial charge in [-0.1, -0.05) is 0 Å². The van der Waals surface area contributed by atoms with Crippen LogP contribution in [0.2, 0.25) is 0 Å². The second-order valence-corrected chi connectivity index (χ2v) is 7.01. The van der Waals surface area contributed by atoms with Crippen molar-refractivity contribution in [3.05, 3.63) is 48.5 Å². The molecule has 0 fully saturated rings. The van der Waals surface area contributed by atoms with Gasteiger partial charge in [-0.15, -0.1) is 0 Å². The van der Waals surface area contributed by atoms with Crippen LogP contribution in [0.1, 0.15) is 0 Å². The third kappa shape index (κ3) is 11.6. The maximum absolute atomic E-state index is 11.8. The standard InChI is InChI=1S/C24H28N2O12/c27-9-11-35-24(32)25-18-1-5-20(6-2-18)36-15-22(30)33-13-14-34-23(31)16-37-21-7-3-19(4-8-21)26(17-29)38-12-10-28/h1-8,17,27-28H,9-16H2,(H,25,32). The molecule has 14 nitrogen and oxygen atoms in total. The zero-order chi connectivity index (χ0) is 27.6. The van der Waals surface area contributed by atoms with Gasteiger partial charge in [-0.05, 0) is 48.5 Å². The Bertz CT molecular complexity index is 1010. The Balaban J connectivity index is 1.59. The molecule has 0 radical (unpaired) electrons. The van der Waals surface area contributed by atoms with Crippen molar-refractivity contribution in [3.63, 3.8) is 0 Å². The van der Waals surface area contributed by atoms with E-state index in [9.17, 15) is 19.2 Å². The molecule has 14 heteroatoms. The second-order valence-electron chi connectivity index (χ2n) is 7.01. The van der Waals surface area contributed by atoms with Gasteiger partial charge in [0.1, 0.15) is 31.3 Å². The molecule has 3 N–H and O–H groups in total. The number of esters is 2. The highest BCUT2D eigenvalue weighted by Gasteiger charge is 2.10. The Kier molecular flexibility index (Phi) is 13.4. The number of carbonyl (C=O) groups excluding carboxylic acids is 4. The van der Waals surface area contributed by atoms with Crippen LogP contribution in [-0.4, -0.2) is 87.5 Å². The Morgan fingerprint density at radius 3 is 1.76 bits per heavy atom. The van der Waals surface area contributed by atoms with E-state index in [0.29, 0.717) is 29.3 Å². The molecule has 0 saturated heterocycles. The van der Waals surface area contributed by atoms with E-state index in [1.165, 1.54) is 48.5 Å². The number of benzene rings is 2. The van der Waals surface area contributed by atoms with E-state index in [2.05, 4.69) is 10.1 Å². The smallest absolute Gasteiger partial charge is 0.411 e. The minimum atomic E-state index is -0.717. The predicted octanol–water partition coefficient (Wildman–Crippen LogP) is 0.658. The lowest BCUT2D eigenvalue weighted by Gasteiger charge is -2.16. The number of aliphatic hydroxyl groups excluding tert-OH is 2. The van der Waals surface area contributed by atoms with Crippen LogP contribution in [-0.2, 0) is 33.4 Å². The summed E-state index contributed by atoms with van der Waals surface area (Å²) in [6.45, 7) is -1.84. The molecular weight excluding hydrogens is 508 g/mol. The summed E-state index contributed by atoms with van der Waals surface area (Å²) in [5.74, 6) is -0.673. The molecule has 0 spiro atoms. The minimum Gasteiger partial charge on any atom is -0.482 e. The Morgan fingerprint density at radius 1 is 0.737 bits per heavy atom. The van der Waals surface area contributed by atoms with Gasteiger partial charge in [-0.3, -0.25) is 14.9 Å². The van der Waals surface area contributed by atoms with Gasteiger partial charge in [0, 0.05) is 5.69 Å². The van der Waals surface area contributed by atoms with Crippen molar-refractivity contribution in [2.75, 3.05) is 63.2 Å². The summed E-state index contributed by atoms with van der Waals surface area (Å²) in [4.78, 5) is 51.0. The van der Waals surface area contributed by atoms with Crippen molar-refractivity contribution in [3.8, 4) is 11.5 Å². The van der Waals surface area contributed by atoms with Gasteiger partial charge >= 0.3 is 18.0 Å². The molecule has 0 unspecified atom stereocenters. The molecule has 206 valence electrons. The molecule has 0 heterocycles. The maximum atomic E-state index is 11.8. The van der Waals surface area contributed by atoms with E-state index in [1.54, 1.807) is 0 Å². The molecule has 0 saturated carbocycles. The number of rotatable bonds is 17. The number of carbonyl (C=O) groups is 4. The van der Waals surface area contributed by atoms with E-state index in [4.69, 9.17) is 34.0 Å². The Morgan fingerprint density at radius 2 is 1.26 bits per heavy atom. The van der Waals surface area contributed by atoms with Gasteiger partial charge in [-0.2, -0.15) is 5.06 Å². The highest BCUT2D eigenvalue weighted by Crippen LogP contribution is 2.19. The molecule has 2 aromatic carbocycles.